The fourth-order valence-corrected chi connectivity index (χ4v) is 3.80. The topological polar surface area (TPSA) is 81.8 Å². The van der Waals surface area contributed by atoms with E-state index < -0.39 is 24.0 Å². The van der Waals surface area contributed by atoms with Crippen LogP contribution in [-0.2, 0) is 27.2 Å². The summed E-state index contributed by atoms with van der Waals surface area (Å²) in [5.41, 5.74) is 7.88. The molecule has 2 aromatic carbocycles. The number of carbonyl (C=O) groups excluding carboxylic acids is 2. The van der Waals surface area contributed by atoms with Crippen LogP contribution in [0.3, 0.4) is 0 Å². The second kappa shape index (κ2) is 19.4. The molecule has 2 atom stereocenters. The van der Waals surface area contributed by atoms with Crippen LogP contribution in [0, 0.1) is 0 Å². The predicted octanol–water partition coefficient (Wildman–Crippen LogP) is 2.96. The van der Waals surface area contributed by atoms with E-state index >= 15 is 0 Å². The van der Waals surface area contributed by atoms with Gasteiger partial charge in [0.2, 0.25) is 0 Å². The number of nitrogens with zero attached hydrogens (tertiary/aromatic N) is 1. The van der Waals surface area contributed by atoms with Crippen molar-refractivity contribution in [2.75, 3.05) is 0 Å². The van der Waals surface area contributed by atoms with Gasteiger partial charge in [0.15, 0.2) is 6.04 Å². The molecule has 0 heterocycles. The van der Waals surface area contributed by atoms with Gasteiger partial charge in [0.25, 0.3) is 0 Å². The molecule has 5 nitrogen and oxygen atoms in total. The maximum Gasteiger partial charge on any atom is 1.00 e. The van der Waals surface area contributed by atoms with Crippen molar-refractivity contribution >= 4 is 18.2 Å². The number of rotatable bonds is 16. The molecule has 0 unspecified atom stereocenters. The molecule has 35 heavy (non-hydrogen) atoms. The Hall–Kier alpha value is -1.79. The summed E-state index contributed by atoms with van der Waals surface area (Å²) >= 11 is 0. The summed E-state index contributed by atoms with van der Waals surface area (Å²) in [7, 11) is 0. The van der Waals surface area contributed by atoms with E-state index in [1.807, 2.05) is 60.7 Å². The van der Waals surface area contributed by atoms with Crippen molar-refractivity contribution in [3.05, 3.63) is 71.8 Å². The van der Waals surface area contributed by atoms with Gasteiger partial charge in [0.05, 0.1) is 0 Å². The van der Waals surface area contributed by atoms with E-state index in [2.05, 4.69) is 11.9 Å². The van der Waals surface area contributed by atoms with Gasteiger partial charge in [-0.15, -0.1) is 0 Å². The maximum atomic E-state index is 12.8. The van der Waals surface area contributed by atoms with Gasteiger partial charge in [0, 0.05) is 6.42 Å². The first-order valence-electron chi connectivity index (χ1n) is 12.7. The van der Waals surface area contributed by atoms with Crippen LogP contribution >= 0.6 is 0 Å². The number of unbranched alkanes of at least 4 members (excludes halogenated alkanes) is 8. The fourth-order valence-electron chi connectivity index (χ4n) is 3.80. The van der Waals surface area contributed by atoms with Crippen molar-refractivity contribution in [1.82, 2.24) is 0 Å². The van der Waals surface area contributed by atoms with Crippen molar-refractivity contribution in [2.45, 2.75) is 89.6 Å². The van der Waals surface area contributed by atoms with Crippen LogP contribution in [0.1, 0.15) is 77.3 Å². The Labute approximate surface area is 234 Å². The molecule has 0 fully saturated rings. The van der Waals surface area contributed by atoms with Gasteiger partial charge in [-0.3, -0.25) is 4.99 Å². The van der Waals surface area contributed by atoms with Crippen molar-refractivity contribution in [3.63, 3.8) is 0 Å². The number of ether oxygens (including phenoxy) is 1. The minimum absolute atomic E-state index is 0. The summed E-state index contributed by atoms with van der Waals surface area (Å²) in [6.45, 7) is 2.23. The monoisotopic (exact) mass is 488 g/mol. The van der Waals surface area contributed by atoms with E-state index in [0.29, 0.717) is 12.8 Å². The molecule has 0 amide bonds. The van der Waals surface area contributed by atoms with Gasteiger partial charge in [-0.2, -0.15) is 0 Å². The SMILES string of the molecule is CCCCCCCCCCC=N[C@@H](Cc1ccccc1)C(=O)OC(=O)[C@@H](N)Cc1ccccc1.[H-].[Na+]. The predicted molar refractivity (Wildman–Crippen MR) is 140 cm³/mol. The maximum absolute atomic E-state index is 12.8. The summed E-state index contributed by atoms with van der Waals surface area (Å²) in [4.78, 5) is 29.7. The fraction of sp³-hybridized carbons (Fsp3) is 0.483. The van der Waals surface area contributed by atoms with Gasteiger partial charge < -0.3 is 11.9 Å². The normalized spacial score (nSPS) is 12.6. The third-order valence-corrected chi connectivity index (χ3v) is 5.82. The third-order valence-electron chi connectivity index (χ3n) is 5.82. The molecule has 2 rings (SSSR count). The van der Waals surface area contributed by atoms with Crippen LogP contribution in [0.25, 0.3) is 0 Å². The summed E-state index contributed by atoms with van der Waals surface area (Å²) in [6, 6.07) is 17.4. The number of benzene rings is 2. The zero-order valence-corrected chi connectivity index (χ0v) is 23.5. The molecule has 6 heteroatoms. The average molecular weight is 489 g/mol. The van der Waals surface area contributed by atoms with E-state index in [0.717, 1.165) is 24.0 Å². The van der Waals surface area contributed by atoms with Crippen LogP contribution < -0.4 is 35.3 Å². The van der Waals surface area contributed by atoms with Gasteiger partial charge >= 0.3 is 41.5 Å². The number of nitrogens with two attached hydrogens (primary N) is 1. The third kappa shape index (κ3) is 13.8. The zero-order chi connectivity index (χ0) is 24.4. The molecule has 186 valence electrons. The van der Waals surface area contributed by atoms with Crippen molar-refractivity contribution in [1.29, 1.82) is 0 Å². The van der Waals surface area contributed by atoms with E-state index in [1.165, 1.54) is 44.9 Å². The first-order valence-corrected chi connectivity index (χ1v) is 12.7. The molecule has 0 saturated heterocycles. The number of esters is 2. The molecule has 0 aliphatic rings. The Kier molecular flexibility index (Phi) is 17.3. The van der Waals surface area contributed by atoms with Crippen LogP contribution in [0.15, 0.2) is 65.7 Å². The molecule has 0 saturated carbocycles. The first-order chi connectivity index (χ1) is 16.6. The average Bonchev–Trinajstić information content (AvgIpc) is 2.85. The Morgan fingerprint density at radius 1 is 0.829 bits per heavy atom. The number of hydrogen-bond acceptors (Lipinski definition) is 5. The smallest absolute Gasteiger partial charge is 1.00 e. The van der Waals surface area contributed by atoms with Crippen LogP contribution in [0.5, 0.6) is 0 Å². The molecule has 2 aromatic rings. The Balaban J connectivity index is 0.00000612. The molecule has 0 bridgehead atoms. The van der Waals surface area contributed by atoms with Gasteiger partial charge in [-0.05, 0) is 36.6 Å². The second-order valence-electron chi connectivity index (χ2n) is 8.84. The molecule has 0 spiro atoms. The van der Waals surface area contributed by atoms with Crippen LogP contribution in [-0.4, -0.2) is 30.2 Å². The summed E-state index contributed by atoms with van der Waals surface area (Å²) in [5, 5.41) is 0. The van der Waals surface area contributed by atoms with E-state index in [-0.39, 0.29) is 31.0 Å². The minimum Gasteiger partial charge on any atom is -1.00 e. The Morgan fingerprint density at radius 2 is 1.34 bits per heavy atom. The number of aliphatic imine (C=N–C) groups is 1. The largest absolute Gasteiger partial charge is 1.00 e. The van der Waals surface area contributed by atoms with E-state index in [4.69, 9.17) is 10.5 Å². The molecule has 0 aliphatic heterocycles. The summed E-state index contributed by atoms with van der Waals surface area (Å²) in [5.74, 6) is -1.37. The summed E-state index contributed by atoms with van der Waals surface area (Å²) in [6.07, 6.45) is 13.3. The molecular formula is C29H41N2NaO3. The van der Waals surface area contributed by atoms with Crippen LogP contribution in [0.4, 0.5) is 0 Å². The van der Waals surface area contributed by atoms with E-state index in [9.17, 15) is 9.59 Å². The van der Waals surface area contributed by atoms with Crippen LogP contribution in [0.2, 0.25) is 0 Å². The minimum atomic E-state index is -0.898. The van der Waals surface area contributed by atoms with Crippen molar-refractivity contribution in [2.24, 2.45) is 10.7 Å². The zero-order valence-electron chi connectivity index (χ0n) is 22.5. The number of carbonyl (C=O) groups is 2. The van der Waals surface area contributed by atoms with Crippen molar-refractivity contribution in [3.8, 4) is 0 Å². The molecule has 0 aromatic heterocycles. The second-order valence-corrected chi connectivity index (χ2v) is 8.84. The number of hydrogen-bond donors (Lipinski definition) is 1. The quantitative estimate of drug-likeness (QED) is 0.130. The summed E-state index contributed by atoms with van der Waals surface area (Å²) < 4.78 is 5.14. The van der Waals surface area contributed by atoms with Gasteiger partial charge in [-0.25, -0.2) is 9.59 Å². The molecular weight excluding hydrogens is 447 g/mol. The first kappa shape index (κ1) is 31.2. The van der Waals surface area contributed by atoms with Gasteiger partial charge in [0.1, 0.15) is 6.04 Å². The van der Waals surface area contributed by atoms with E-state index in [1.54, 1.807) is 6.21 Å². The standard InChI is InChI=1S/C29H40N2O3.Na.H/c1-2-3-4-5-6-7-8-9-16-21-31-27(23-25-19-14-11-15-20-25)29(33)34-28(32)26(30)22-24-17-12-10-13-18-24;;/h10-15,17-21,26-27H,2-9,16,22-23,30H2,1H3;;/q;+1;-1/t26-,27-;;/m0../s1. The molecule has 0 aliphatic carbocycles. The van der Waals surface area contributed by atoms with Crippen molar-refractivity contribution < 1.29 is 45.3 Å². The molecule has 0 radical (unpaired) electrons. The van der Waals surface area contributed by atoms with Gasteiger partial charge in [-0.1, -0.05) is 113 Å². The Bertz CT molecular complexity index is 865. The Morgan fingerprint density at radius 3 is 1.91 bits per heavy atom. The molecule has 2 N–H and O–H groups in total.